The molecule has 1 atom stereocenters. The number of fused-ring (bicyclic) bond motifs is 1. The summed E-state index contributed by atoms with van der Waals surface area (Å²) in [4.78, 5) is 0. The molecule has 0 amide bonds. The SMILES string of the molecule is N#CC(Cc1c(Cl)cccc1Cl)c1ccc2c(c1)OCCO2. The van der Waals surface area contributed by atoms with Crippen molar-refractivity contribution in [1.29, 1.82) is 5.26 Å². The zero-order chi connectivity index (χ0) is 15.5. The van der Waals surface area contributed by atoms with Gasteiger partial charge in [0.1, 0.15) is 13.2 Å². The maximum atomic E-state index is 9.52. The fourth-order valence-electron chi connectivity index (χ4n) is 2.45. The van der Waals surface area contributed by atoms with Gasteiger partial charge in [-0.3, -0.25) is 0 Å². The minimum absolute atomic E-state index is 0.353. The van der Waals surface area contributed by atoms with Crippen LogP contribution in [0.15, 0.2) is 36.4 Å². The van der Waals surface area contributed by atoms with Crippen molar-refractivity contribution in [2.75, 3.05) is 13.2 Å². The number of nitriles is 1. The third kappa shape index (κ3) is 2.99. The summed E-state index contributed by atoms with van der Waals surface area (Å²) in [7, 11) is 0. The molecule has 1 heterocycles. The van der Waals surface area contributed by atoms with Crippen molar-refractivity contribution in [2.24, 2.45) is 0 Å². The van der Waals surface area contributed by atoms with Crippen molar-refractivity contribution in [3.05, 3.63) is 57.6 Å². The molecule has 1 aliphatic heterocycles. The van der Waals surface area contributed by atoms with Crippen LogP contribution in [0, 0.1) is 11.3 Å². The lowest BCUT2D eigenvalue weighted by atomic mass is 9.93. The van der Waals surface area contributed by atoms with Crippen molar-refractivity contribution in [1.82, 2.24) is 0 Å². The first-order valence-electron chi connectivity index (χ1n) is 6.91. The number of halogens is 2. The smallest absolute Gasteiger partial charge is 0.161 e. The average molecular weight is 334 g/mol. The lowest BCUT2D eigenvalue weighted by molar-refractivity contribution is 0.171. The highest BCUT2D eigenvalue weighted by molar-refractivity contribution is 6.36. The molecule has 0 saturated heterocycles. The van der Waals surface area contributed by atoms with Crippen molar-refractivity contribution in [3.8, 4) is 17.6 Å². The molecule has 0 spiro atoms. The van der Waals surface area contributed by atoms with E-state index >= 15 is 0 Å². The summed E-state index contributed by atoms with van der Waals surface area (Å²) in [6.07, 6.45) is 0.453. The van der Waals surface area contributed by atoms with E-state index in [1.54, 1.807) is 18.2 Å². The summed E-state index contributed by atoms with van der Waals surface area (Å²) in [5.74, 6) is 1.03. The molecule has 0 bridgehead atoms. The summed E-state index contributed by atoms with van der Waals surface area (Å²) in [6, 6.07) is 13.2. The molecule has 2 aromatic rings. The largest absolute Gasteiger partial charge is 0.486 e. The van der Waals surface area contributed by atoms with Crippen LogP contribution in [0.2, 0.25) is 10.0 Å². The van der Waals surface area contributed by atoms with Crippen molar-refractivity contribution in [3.63, 3.8) is 0 Å². The molecule has 1 unspecified atom stereocenters. The predicted molar refractivity (Wildman–Crippen MR) is 86.0 cm³/mol. The van der Waals surface area contributed by atoms with E-state index in [1.807, 2.05) is 18.2 Å². The van der Waals surface area contributed by atoms with Gasteiger partial charge in [0, 0.05) is 10.0 Å². The first-order valence-corrected chi connectivity index (χ1v) is 7.66. The van der Waals surface area contributed by atoms with Crippen LogP contribution in [0.1, 0.15) is 17.0 Å². The molecule has 0 aliphatic carbocycles. The Labute approximate surface area is 139 Å². The van der Waals surface area contributed by atoms with Gasteiger partial charge < -0.3 is 9.47 Å². The molecular formula is C17H13Cl2NO2. The maximum absolute atomic E-state index is 9.52. The van der Waals surface area contributed by atoms with Crippen LogP contribution < -0.4 is 9.47 Å². The fraction of sp³-hybridized carbons (Fsp3) is 0.235. The van der Waals surface area contributed by atoms with Crippen molar-refractivity contribution in [2.45, 2.75) is 12.3 Å². The molecule has 5 heteroatoms. The third-order valence-corrected chi connectivity index (χ3v) is 4.30. The quantitative estimate of drug-likeness (QED) is 0.823. The summed E-state index contributed by atoms with van der Waals surface area (Å²) in [6.45, 7) is 1.06. The number of ether oxygens (including phenoxy) is 2. The van der Waals surface area contributed by atoms with Gasteiger partial charge in [0.2, 0.25) is 0 Å². The molecule has 0 fully saturated rings. The number of hydrogen-bond donors (Lipinski definition) is 0. The highest BCUT2D eigenvalue weighted by Gasteiger charge is 2.19. The molecular weight excluding hydrogens is 321 g/mol. The van der Waals surface area contributed by atoms with Gasteiger partial charge >= 0.3 is 0 Å². The maximum Gasteiger partial charge on any atom is 0.161 e. The third-order valence-electron chi connectivity index (χ3n) is 3.59. The van der Waals surface area contributed by atoms with E-state index in [2.05, 4.69) is 6.07 Å². The van der Waals surface area contributed by atoms with Crippen molar-refractivity contribution < 1.29 is 9.47 Å². The van der Waals surface area contributed by atoms with Gasteiger partial charge in [0.25, 0.3) is 0 Å². The second-order valence-electron chi connectivity index (χ2n) is 4.99. The Hall–Kier alpha value is -1.89. The fourth-order valence-corrected chi connectivity index (χ4v) is 3.00. The standard InChI is InChI=1S/C17H13Cl2NO2/c18-14-2-1-3-15(19)13(14)8-12(10-20)11-4-5-16-17(9-11)22-7-6-21-16/h1-5,9,12H,6-8H2. The molecule has 0 radical (unpaired) electrons. The molecule has 112 valence electrons. The van der Waals surface area contributed by atoms with Crippen LogP contribution in [0.4, 0.5) is 0 Å². The topological polar surface area (TPSA) is 42.2 Å². The van der Waals surface area contributed by atoms with Crippen LogP contribution in [0.25, 0.3) is 0 Å². The molecule has 3 rings (SSSR count). The first kappa shape index (κ1) is 15.0. The Balaban J connectivity index is 1.90. The molecule has 0 N–H and O–H groups in total. The summed E-state index contributed by atoms with van der Waals surface area (Å²) in [5.41, 5.74) is 1.65. The number of benzene rings is 2. The minimum Gasteiger partial charge on any atom is -0.486 e. The number of rotatable bonds is 3. The summed E-state index contributed by atoms with van der Waals surface area (Å²) < 4.78 is 11.1. The molecule has 3 nitrogen and oxygen atoms in total. The Bertz CT molecular complexity index is 720. The van der Waals surface area contributed by atoms with E-state index in [0.29, 0.717) is 41.2 Å². The van der Waals surface area contributed by atoms with Crippen molar-refractivity contribution >= 4 is 23.2 Å². The monoisotopic (exact) mass is 333 g/mol. The Morgan fingerprint density at radius 2 is 1.73 bits per heavy atom. The van der Waals surface area contributed by atoms with Crippen LogP contribution in [-0.4, -0.2) is 13.2 Å². The van der Waals surface area contributed by atoms with Crippen LogP contribution in [-0.2, 0) is 6.42 Å². The lowest BCUT2D eigenvalue weighted by Crippen LogP contribution is -2.15. The van der Waals surface area contributed by atoms with E-state index in [9.17, 15) is 5.26 Å². The normalized spacial score (nSPS) is 14.2. The van der Waals surface area contributed by atoms with Gasteiger partial charge in [-0.05, 0) is 41.8 Å². The van der Waals surface area contributed by atoms with Crippen LogP contribution in [0.3, 0.4) is 0 Å². The average Bonchev–Trinajstić information content (AvgIpc) is 2.54. The Morgan fingerprint density at radius 3 is 2.41 bits per heavy atom. The Morgan fingerprint density at radius 1 is 1.05 bits per heavy atom. The van der Waals surface area contributed by atoms with Gasteiger partial charge in [0.15, 0.2) is 11.5 Å². The van der Waals surface area contributed by atoms with Gasteiger partial charge in [-0.25, -0.2) is 0 Å². The van der Waals surface area contributed by atoms with E-state index in [4.69, 9.17) is 32.7 Å². The van der Waals surface area contributed by atoms with Gasteiger partial charge in [-0.2, -0.15) is 5.26 Å². The molecule has 1 aliphatic rings. The highest BCUT2D eigenvalue weighted by Crippen LogP contribution is 2.35. The molecule has 22 heavy (non-hydrogen) atoms. The predicted octanol–water partition coefficient (Wildman–Crippen LogP) is 4.61. The molecule has 0 saturated carbocycles. The second kappa shape index (κ2) is 6.48. The molecule has 0 aromatic heterocycles. The van der Waals surface area contributed by atoms with Crippen LogP contribution in [0.5, 0.6) is 11.5 Å². The number of nitrogens with zero attached hydrogens (tertiary/aromatic N) is 1. The Kier molecular flexibility index (Phi) is 4.42. The second-order valence-corrected chi connectivity index (χ2v) is 5.80. The molecule has 2 aromatic carbocycles. The van der Waals surface area contributed by atoms with E-state index in [1.165, 1.54) is 0 Å². The first-order chi connectivity index (χ1) is 10.7. The zero-order valence-corrected chi connectivity index (χ0v) is 13.2. The lowest BCUT2D eigenvalue weighted by Gasteiger charge is -2.20. The summed E-state index contributed by atoms with van der Waals surface area (Å²) >= 11 is 12.4. The van der Waals surface area contributed by atoms with E-state index in [0.717, 1.165) is 11.1 Å². The van der Waals surface area contributed by atoms with Gasteiger partial charge in [-0.15, -0.1) is 0 Å². The number of hydrogen-bond acceptors (Lipinski definition) is 3. The minimum atomic E-state index is -0.353. The zero-order valence-electron chi connectivity index (χ0n) is 11.7. The van der Waals surface area contributed by atoms with Crippen LogP contribution >= 0.6 is 23.2 Å². The van der Waals surface area contributed by atoms with E-state index in [-0.39, 0.29) is 5.92 Å². The summed E-state index contributed by atoms with van der Waals surface area (Å²) in [5, 5.41) is 10.7. The van der Waals surface area contributed by atoms with E-state index < -0.39 is 0 Å². The van der Waals surface area contributed by atoms with Gasteiger partial charge in [-0.1, -0.05) is 35.3 Å². The van der Waals surface area contributed by atoms with Gasteiger partial charge in [0.05, 0.1) is 12.0 Å². The highest BCUT2D eigenvalue weighted by atomic mass is 35.5.